The van der Waals surface area contributed by atoms with Crippen LogP contribution in [0.1, 0.15) is 65.0 Å². The molecule has 4 aromatic carbocycles. The van der Waals surface area contributed by atoms with E-state index in [0.29, 0.717) is 0 Å². The van der Waals surface area contributed by atoms with Crippen LogP contribution in [0.3, 0.4) is 0 Å². The maximum absolute atomic E-state index is 6.09. The van der Waals surface area contributed by atoms with E-state index in [1.165, 1.54) is 11.1 Å². The fourth-order valence-corrected chi connectivity index (χ4v) is 5.97. The van der Waals surface area contributed by atoms with Gasteiger partial charge in [0.25, 0.3) is 0 Å². The number of benzene rings is 4. The summed E-state index contributed by atoms with van der Waals surface area (Å²) in [7, 11) is 3.52. The summed E-state index contributed by atoms with van der Waals surface area (Å²) in [6.07, 6.45) is 5.40. The van der Waals surface area contributed by atoms with Gasteiger partial charge < -0.3 is 19.3 Å². The molecule has 0 saturated carbocycles. The molecular formula is C40H46N2O2. The number of allylic oxidation sites excluding steroid dienone is 2. The van der Waals surface area contributed by atoms with Crippen LogP contribution in [0.5, 0.6) is 5.75 Å². The lowest BCUT2D eigenvalue weighted by Gasteiger charge is -2.38. The molecule has 44 heavy (non-hydrogen) atoms. The minimum absolute atomic E-state index is 0.0899. The second-order valence-electron chi connectivity index (χ2n) is 13.4. The van der Waals surface area contributed by atoms with Crippen LogP contribution in [0, 0.1) is 0 Å². The van der Waals surface area contributed by atoms with Crippen molar-refractivity contribution in [2.75, 3.05) is 24.0 Å². The van der Waals surface area contributed by atoms with Gasteiger partial charge in [0.15, 0.2) is 0 Å². The second-order valence-corrected chi connectivity index (χ2v) is 13.4. The molecule has 0 aromatic heterocycles. The fourth-order valence-electron chi connectivity index (χ4n) is 5.97. The number of para-hydroxylation sites is 2. The van der Waals surface area contributed by atoms with Gasteiger partial charge in [-0.05, 0) is 98.3 Å². The molecule has 1 aliphatic carbocycles. The molecular weight excluding hydrogens is 540 g/mol. The van der Waals surface area contributed by atoms with Crippen LogP contribution in [0.15, 0.2) is 127 Å². The molecule has 0 bridgehead atoms. The molecule has 1 unspecified atom stereocenters. The number of anilines is 4. The van der Waals surface area contributed by atoms with Gasteiger partial charge in [-0.3, -0.25) is 0 Å². The Morgan fingerprint density at radius 1 is 0.659 bits per heavy atom. The molecule has 4 nitrogen and oxygen atoms in total. The Morgan fingerprint density at radius 3 is 1.80 bits per heavy atom. The van der Waals surface area contributed by atoms with Crippen molar-refractivity contribution in [2.45, 2.75) is 64.8 Å². The van der Waals surface area contributed by atoms with E-state index in [-0.39, 0.29) is 16.9 Å². The average molecular weight is 587 g/mol. The van der Waals surface area contributed by atoms with Crippen molar-refractivity contribution in [2.24, 2.45) is 0 Å². The standard InChI is InChI=1S/C40H46N2O2/c1-39(2,3)31-21-23-33(24-22-31)41(32-15-11-9-12-16-32)35-25-19-29(27-37(35)43-7)30-20-26-36(38(28-30)44-8)42(40(4,5)6)34-17-13-10-14-18-34/h9-18,20-29H,19H2,1-8H3. The molecule has 1 aliphatic rings. The molecule has 4 heteroatoms. The van der Waals surface area contributed by atoms with Crippen molar-refractivity contribution in [3.05, 3.63) is 138 Å². The summed E-state index contributed by atoms with van der Waals surface area (Å²) in [5.41, 5.74) is 7.87. The molecule has 228 valence electrons. The minimum atomic E-state index is -0.145. The first kappa shape index (κ1) is 31.0. The Hall–Kier alpha value is -4.44. The maximum Gasteiger partial charge on any atom is 0.142 e. The number of hydrogen-bond donors (Lipinski definition) is 0. The summed E-state index contributed by atoms with van der Waals surface area (Å²) in [6.45, 7) is 13.4. The van der Waals surface area contributed by atoms with E-state index in [1.807, 2.05) is 0 Å². The molecule has 0 spiro atoms. The minimum Gasteiger partial charge on any atom is -0.495 e. The van der Waals surface area contributed by atoms with Crippen LogP contribution in [0.2, 0.25) is 0 Å². The van der Waals surface area contributed by atoms with Crippen molar-refractivity contribution in [3.63, 3.8) is 0 Å². The quantitative estimate of drug-likeness (QED) is 0.205. The zero-order chi connectivity index (χ0) is 31.5. The van der Waals surface area contributed by atoms with Crippen molar-refractivity contribution < 1.29 is 9.47 Å². The Bertz CT molecular complexity index is 1610. The smallest absolute Gasteiger partial charge is 0.142 e. The van der Waals surface area contributed by atoms with Gasteiger partial charge in [-0.2, -0.15) is 0 Å². The Morgan fingerprint density at radius 2 is 1.25 bits per heavy atom. The molecule has 0 heterocycles. The van der Waals surface area contributed by atoms with Crippen LogP contribution in [0.4, 0.5) is 22.7 Å². The number of rotatable bonds is 8. The SMILES string of the molecule is COC1=CC(c2ccc(N(c3ccccc3)C(C)(C)C)c(OC)c2)CC=C1N(c1ccccc1)c1ccc(C(C)(C)C)cc1. The molecule has 0 saturated heterocycles. The van der Waals surface area contributed by atoms with Crippen LogP contribution >= 0.6 is 0 Å². The zero-order valence-electron chi connectivity index (χ0n) is 27.5. The van der Waals surface area contributed by atoms with E-state index >= 15 is 0 Å². The van der Waals surface area contributed by atoms with Crippen molar-refractivity contribution in [3.8, 4) is 5.75 Å². The topological polar surface area (TPSA) is 24.9 Å². The normalized spacial score (nSPS) is 15.2. The van der Waals surface area contributed by atoms with E-state index in [1.54, 1.807) is 14.2 Å². The van der Waals surface area contributed by atoms with Crippen molar-refractivity contribution >= 4 is 22.7 Å². The third-order valence-electron chi connectivity index (χ3n) is 8.19. The number of hydrogen-bond acceptors (Lipinski definition) is 4. The Balaban J connectivity index is 1.50. The number of ether oxygens (including phenoxy) is 2. The van der Waals surface area contributed by atoms with Crippen molar-refractivity contribution in [1.82, 2.24) is 0 Å². The predicted molar refractivity (Wildman–Crippen MR) is 186 cm³/mol. The third kappa shape index (κ3) is 6.55. The monoisotopic (exact) mass is 586 g/mol. The van der Waals surface area contributed by atoms with Crippen LogP contribution < -0.4 is 14.5 Å². The van der Waals surface area contributed by atoms with Gasteiger partial charge in [-0.25, -0.2) is 0 Å². The summed E-state index contributed by atoms with van der Waals surface area (Å²) < 4.78 is 12.1. The average Bonchev–Trinajstić information content (AvgIpc) is 3.02. The van der Waals surface area contributed by atoms with Gasteiger partial charge in [0.05, 0.1) is 25.6 Å². The highest BCUT2D eigenvalue weighted by atomic mass is 16.5. The predicted octanol–water partition coefficient (Wildman–Crippen LogP) is 10.7. The van der Waals surface area contributed by atoms with Crippen LogP contribution in [-0.2, 0) is 10.2 Å². The fraction of sp³-hybridized carbons (Fsp3) is 0.300. The maximum atomic E-state index is 6.09. The lowest BCUT2D eigenvalue weighted by atomic mass is 9.87. The van der Waals surface area contributed by atoms with Crippen LogP contribution in [0.25, 0.3) is 0 Å². The van der Waals surface area contributed by atoms with Gasteiger partial charge in [-0.1, -0.05) is 81.4 Å². The van der Waals surface area contributed by atoms with Gasteiger partial charge in [0.1, 0.15) is 11.5 Å². The molecule has 0 radical (unpaired) electrons. The lowest BCUT2D eigenvalue weighted by Crippen LogP contribution is -2.37. The molecule has 0 amide bonds. The first-order chi connectivity index (χ1) is 21.0. The highest BCUT2D eigenvalue weighted by molar-refractivity contribution is 5.73. The number of nitrogens with zero attached hydrogens (tertiary/aromatic N) is 2. The molecule has 0 N–H and O–H groups in total. The van der Waals surface area contributed by atoms with Crippen molar-refractivity contribution in [1.29, 1.82) is 0 Å². The van der Waals surface area contributed by atoms with E-state index < -0.39 is 0 Å². The zero-order valence-corrected chi connectivity index (χ0v) is 27.5. The Kier molecular flexibility index (Phi) is 8.92. The summed E-state index contributed by atoms with van der Waals surface area (Å²) in [5, 5.41) is 0. The van der Waals surface area contributed by atoms with Gasteiger partial charge >= 0.3 is 0 Å². The molecule has 4 aromatic rings. The summed E-state index contributed by atoms with van der Waals surface area (Å²) in [5.74, 6) is 1.86. The van der Waals surface area contributed by atoms with Gasteiger partial charge in [0.2, 0.25) is 0 Å². The first-order valence-electron chi connectivity index (χ1n) is 15.5. The second kappa shape index (κ2) is 12.7. The summed E-state index contributed by atoms with van der Waals surface area (Å²) in [4.78, 5) is 4.64. The molecule has 0 aliphatic heterocycles. The first-order valence-corrected chi connectivity index (χ1v) is 15.5. The van der Waals surface area contributed by atoms with E-state index in [9.17, 15) is 0 Å². The van der Waals surface area contributed by atoms with Crippen LogP contribution in [-0.4, -0.2) is 19.8 Å². The highest BCUT2D eigenvalue weighted by Crippen LogP contribution is 2.43. The van der Waals surface area contributed by atoms with E-state index in [4.69, 9.17) is 9.47 Å². The molecule has 0 fully saturated rings. The lowest BCUT2D eigenvalue weighted by molar-refractivity contribution is 0.294. The number of methoxy groups -OCH3 is 2. The van der Waals surface area contributed by atoms with E-state index in [0.717, 1.165) is 46.4 Å². The Labute approximate surface area is 264 Å². The summed E-state index contributed by atoms with van der Waals surface area (Å²) >= 11 is 0. The summed E-state index contributed by atoms with van der Waals surface area (Å²) in [6, 6.07) is 36.5. The van der Waals surface area contributed by atoms with Gasteiger partial charge in [0, 0.05) is 28.5 Å². The van der Waals surface area contributed by atoms with Gasteiger partial charge in [-0.15, -0.1) is 0 Å². The highest BCUT2D eigenvalue weighted by Gasteiger charge is 2.29. The molecule has 5 rings (SSSR count). The largest absolute Gasteiger partial charge is 0.495 e. The van der Waals surface area contributed by atoms with E-state index in [2.05, 4.69) is 167 Å². The molecule has 1 atom stereocenters. The third-order valence-corrected chi connectivity index (χ3v) is 8.19.